The fourth-order valence-electron chi connectivity index (χ4n) is 2.16. The summed E-state index contributed by atoms with van der Waals surface area (Å²) >= 11 is 0. The summed E-state index contributed by atoms with van der Waals surface area (Å²) in [6.07, 6.45) is -2.89. The van der Waals surface area contributed by atoms with E-state index in [1.54, 1.807) is 0 Å². The zero-order valence-electron chi connectivity index (χ0n) is 12.1. The molecule has 4 atom stereocenters. The van der Waals surface area contributed by atoms with E-state index in [-0.39, 0.29) is 17.6 Å². The predicted molar refractivity (Wildman–Crippen MR) is 70.4 cm³/mol. The first-order chi connectivity index (χ1) is 10.5. The number of rotatable bonds is 4. The topological polar surface area (TPSA) is 140 Å². The number of hydrogen-bond donors (Lipinski definition) is 3. The highest BCUT2D eigenvalue weighted by molar-refractivity contribution is 5.40. The lowest BCUT2D eigenvalue weighted by atomic mass is 10.1. The number of hydrogen-bond acceptors (Lipinski definition) is 9. The minimum Gasteiger partial charge on any atom is -0.394 e. The molecule has 0 saturated carbocycles. The molecule has 120 valence electrons. The first-order valence-corrected chi connectivity index (χ1v) is 6.88. The predicted octanol–water partition coefficient (Wildman–Crippen LogP) is -0.937. The molecule has 10 nitrogen and oxygen atoms in total. The van der Waals surface area contributed by atoms with E-state index in [1.165, 1.54) is 11.0 Å². The van der Waals surface area contributed by atoms with Gasteiger partial charge in [-0.3, -0.25) is 0 Å². The van der Waals surface area contributed by atoms with Gasteiger partial charge in [-0.2, -0.15) is 4.98 Å². The van der Waals surface area contributed by atoms with Crippen LogP contribution in [0, 0.1) is 0 Å². The molecule has 0 unspecified atom stereocenters. The van der Waals surface area contributed by atoms with Crippen LogP contribution in [0.2, 0.25) is 0 Å². The van der Waals surface area contributed by atoms with Crippen molar-refractivity contribution >= 4 is 0 Å². The summed E-state index contributed by atoms with van der Waals surface area (Å²) in [5.41, 5.74) is 0. The largest absolute Gasteiger partial charge is 0.394 e. The first-order valence-electron chi connectivity index (χ1n) is 6.88. The molecule has 1 fully saturated rings. The van der Waals surface area contributed by atoms with Gasteiger partial charge in [-0.15, -0.1) is 5.10 Å². The Morgan fingerprint density at radius 3 is 2.64 bits per heavy atom. The summed E-state index contributed by atoms with van der Waals surface area (Å²) in [4.78, 5) is 8.22. The van der Waals surface area contributed by atoms with E-state index in [0.717, 1.165) is 0 Å². The molecule has 3 rings (SSSR count). The molecule has 3 N–H and O–H groups in total. The summed E-state index contributed by atoms with van der Waals surface area (Å²) in [6, 6.07) is 0. The highest BCUT2D eigenvalue weighted by atomic mass is 16.6. The van der Waals surface area contributed by atoms with Crippen LogP contribution in [-0.4, -0.2) is 65.1 Å². The van der Waals surface area contributed by atoms with Crippen molar-refractivity contribution in [3.8, 4) is 11.6 Å². The summed E-state index contributed by atoms with van der Waals surface area (Å²) in [6.45, 7) is 3.43. The van der Waals surface area contributed by atoms with Crippen LogP contribution < -0.4 is 0 Å². The minimum absolute atomic E-state index is 0.0868. The smallest absolute Gasteiger partial charge is 0.242 e. The van der Waals surface area contributed by atoms with Crippen LogP contribution >= 0.6 is 0 Å². The Labute approximate surface area is 125 Å². The van der Waals surface area contributed by atoms with Gasteiger partial charge in [0.2, 0.25) is 17.5 Å². The minimum atomic E-state index is -1.22. The van der Waals surface area contributed by atoms with Crippen molar-refractivity contribution in [1.29, 1.82) is 0 Å². The second-order valence-electron chi connectivity index (χ2n) is 5.39. The first kappa shape index (κ1) is 15.0. The lowest BCUT2D eigenvalue weighted by Crippen LogP contribution is -2.33. The van der Waals surface area contributed by atoms with E-state index in [0.29, 0.717) is 5.89 Å². The third kappa shape index (κ3) is 2.50. The van der Waals surface area contributed by atoms with Crippen LogP contribution in [0.5, 0.6) is 0 Å². The molecular formula is C12H17N5O5. The summed E-state index contributed by atoms with van der Waals surface area (Å²) in [7, 11) is 0. The molecule has 1 aliphatic heterocycles. The summed E-state index contributed by atoms with van der Waals surface area (Å²) in [5, 5.41) is 36.7. The fraction of sp³-hybridized carbons (Fsp3) is 0.667. The van der Waals surface area contributed by atoms with Crippen molar-refractivity contribution in [3.05, 3.63) is 12.2 Å². The van der Waals surface area contributed by atoms with Gasteiger partial charge in [0.15, 0.2) is 6.23 Å². The van der Waals surface area contributed by atoms with Gasteiger partial charge in [0, 0.05) is 5.92 Å². The Balaban J connectivity index is 1.81. The number of nitrogens with zero attached hydrogens (tertiary/aromatic N) is 5. The van der Waals surface area contributed by atoms with Crippen LogP contribution in [0.25, 0.3) is 11.6 Å². The maximum atomic E-state index is 9.94. The molecular weight excluding hydrogens is 294 g/mol. The van der Waals surface area contributed by atoms with Gasteiger partial charge < -0.3 is 24.6 Å². The summed E-state index contributed by atoms with van der Waals surface area (Å²) in [5.74, 6) is 1.01. The quantitative estimate of drug-likeness (QED) is 0.652. The normalized spacial score (nSPS) is 28.6. The van der Waals surface area contributed by atoms with Crippen LogP contribution in [-0.2, 0) is 4.74 Å². The van der Waals surface area contributed by atoms with E-state index < -0.39 is 31.1 Å². The highest BCUT2D eigenvalue weighted by Crippen LogP contribution is 2.29. The molecule has 10 heteroatoms. The van der Waals surface area contributed by atoms with E-state index in [4.69, 9.17) is 14.4 Å². The highest BCUT2D eigenvalue weighted by Gasteiger charge is 2.44. The third-order valence-electron chi connectivity index (χ3n) is 3.42. The van der Waals surface area contributed by atoms with Gasteiger partial charge in [-0.05, 0) is 0 Å². The Kier molecular flexibility index (Phi) is 3.91. The van der Waals surface area contributed by atoms with Crippen molar-refractivity contribution in [2.24, 2.45) is 0 Å². The van der Waals surface area contributed by atoms with Crippen molar-refractivity contribution < 1.29 is 24.6 Å². The van der Waals surface area contributed by atoms with Crippen LogP contribution in [0.15, 0.2) is 10.9 Å². The zero-order chi connectivity index (χ0) is 15.9. The van der Waals surface area contributed by atoms with Gasteiger partial charge >= 0.3 is 0 Å². The lowest BCUT2D eigenvalue weighted by Gasteiger charge is -2.13. The van der Waals surface area contributed by atoms with Gasteiger partial charge in [-0.1, -0.05) is 19.0 Å². The number of ether oxygens (including phenoxy) is 1. The Morgan fingerprint density at radius 2 is 2.05 bits per heavy atom. The number of aliphatic hydroxyl groups is 3. The monoisotopic (exact) mass is 311 g/mol. The van der Waals surface area contributed by atoms with Gasteiger partial charge in [-0.25, -0.2) is 9.67 Å². The van der Waals surface area contributed by atoms with Gasteiger partial charge in [0.25, 0.3) is 0 Å². The molecule has 0 radical (unpaired) electrons. The molecule has 22 heavy (non-hydrogen) atoms. The summed E-state index contributed by atoms with van der Waals surface area (Å²) < 4.78 is 11.7. The second kappa shape index (κ2) is 5.72. The average molecular weight is 311 g/mol. The maximum Gasteiger partial charge on any atom is 0.242 e. The van der Waals surface area contributed by atoms with E-state index in [2.05, 4.69) is 20.2 Å². The lowest BCUT2D eigenvalue weighted by molar-refractivity contribution is -0.0587. The molecule has 0 bridgehead atoms. The van der Waals surface area contributed by atoms with Gasteiger partial charge in [0.05, 0.1) is 6.61 Å². The molecule has 2 aromatic heterocycles. The van der Waals surface area contributed by atoms with Crippen LogP contribution in [0.1, 0.15) is 31.9 Å². The molecule has 0 amide bonds. The molecule has 1 aliphatic rings. The number of aromatic nitrogens is 5. The molecule has 0 aliphatic carbocycles. The third-order valence-corrected chi connectivity index (χ3v) is 3.42. The van der Waals surface area contributed by atoms with Crippen molar-refractivity contribution in [1.82, 2.24) is 24.9 Å². The standard InChI is InChI=1S/C12H17N5O5/c1-5(2)11-14-10(16-22-11)9-13-4-17(15-9)12-8(20)7(19)6(3-18)21-12/h4-8,12,18-20H,3H2,1-2H3/t6-,7-,8-,12-/m1/s1. The van der Waals surface area contributed by atoms with Crippen molar-refractivity contribution in [3.63, 3.8) is 0 Å². The Morgan fingerprint density at radius 1 is 1.27 bits per heavy atom. The molecule has 0 aromatic carbocycles. The van der Waals surface area contributed by atoms with Crippen LogP contribution in [0.4, 0.5) is 0 Å². The fourth-order valence-corrected chi connectivity index (χ4v) is 2.16. The van der Waals surface area contributed by atoms with E-state index in [1.807, 2.05) is 13.8 Å². The van der Waals surface area contributed by atoms with Gasteiger partial charge in [0.1, 0.15) is 24.6 Å². The van der Waals surface area contributed by atoms with Crippen LogP contribution in [0.3, 0.4) is 0 Å². The van der Waals surface area contributed by atoms with E-state index >= 15 is 0 Å². The SMILES string of the molecule is CC(C)c1nc(-c2ncn([C@@H]3O[C@H](CO)[C@@H](O)[C@H]3O)n2)no1. The Hall–Kier alpha value is -1.88. The molecule has 2 aromatic rings. The molecule has 0 spiro atoms. The van der Waals surface area contributed by atoms with E-state index in [9.17, 15) is 10.2 Å². The molecule has 1 saturated heterocycles. The number of aliphatic hydroxyl groups excluding tert-OH is 3. The Bertz CT molecular complexity index is 641. The van der Waals surface area contributed by atoms with Crippen molar-refractivity contribution in [2.75, 3.05) is 6.61 Å². The average Bonchev–Trinajstić information content (AvgIpc) is 3.19. The zero-order valence-corrected chi connectivity index (χ0v) is 12.1. The van der Waals surface area contributed by atoms with Crippen molar-refractivity contribution in [2.45, 2.75) is 44.3 Å². The second-order valence-corrected chi connectivity index (χ2v) is 5.39. The maximum absolute atomic E-state index is 9.94. The molecule has 3 heterocycles.